The maximum Gasteiger partial charge on any atom is 0.251 e. The third kappa shape index (κ3) is 6.32. The fourth-order valence-corrected chi connectivity index (χ4v) is 3.83. The van der Waals surface area contributed by atoms with Crippen molar-refractivity contribution in [3.63, 3.8) is 0 Å². The Labute approximate surface area is 215 Å². The number of hydrogen-bond acceptors (Lipinski definition) is 4. The van der Waals surface area contributed by atoms with Gasteiger partial charge in [-0.05, 0) is 53.1 Å². The molecular weight excluding hydrogens is 471 g/mol. The zero-order valence-corrected chi connectivity index (χ0v) is 20.6. The molecule has 4 rings (SSSR count). The summed E-state index contributed by atoms with van der Waals surface area (Å²) in [5, 5.41) is 5.52. The molecule has 4 aromatic carbocycles. The molecule has 188 valence electrons. The van der Waals surface area contributed by atoms with E-state index in [0.717, 1.165) is 11.1 Å². The molecule has 0 saturated carbocycles. The van der Waals surface area contributed by atoms with Crippen LogP contribution in [-0.2, 0) is 13.1 Å². The van der Waals surface area contributed by atoms with E-state index in [1.54, 1.807) is 42.5 Å². The smallest absolute Gasteiger partial charge is 0.251 e. The highest BCUT2D eigenvalue weighted by Crippen LogP contribution is 2.27. The summed E-state index contributed by atoms with van der Waals surface area (Å²) in [7, 11) is 3.00. The Morgan fingerprint density at radius 3 is 1.97 bits per heavy atom. The first-order valence-corrected chi connectivity index (χ1v) is 11.7. The van der Waals surface area contributed by atoms with Gasteiger partial charge in [0.25, 0.3) is 11.8 Å². The third-order valence-corrected chi connectivity index (χ3v) is 5.91. The minimum absolute atomic E-state index is 0.0133. The van der Waals surface area contributed by atoms with Crippen LogP contribution >= 0.6 is 0 Å². The molecule has 4 aromatic rings. The summed E-state index contributed by atoms with van der Waals surface area (Å²) in [4.78, 5) is 25.0. The quantitative estimate of drug-likeness (QED) is 0.325. The van der Waals surface area contributed by atoms with E-state index in [9.17, 15) is 14.0 Å². The highest BCUT2D eigenvalue weighted by Gasteiger charge is 2.12. The van der Waals surface area contributed by atoms with Crippen LogP contribution in [0.4, 0.5) is 4.39 Å². The molecule has 0 heterocycles. The average Bonchev–Trinajstić information content (AvgIpc) is 2.95. The number of rotatable bonds is 9. The normalized spacial score (nSPS) is 10.5. The predicted octanol–water partition coefficient (Wildman–Crippen LogP) is 5.37. The summed E-state index contributed by atoms with van der Waals surface area (Å²) in [5.41, 5.74) is 3.93. The predicted molar refractivity (Wildman–Crippen MR) is 140 cm³/mol. The van der Waals surface area contributed by atoms with Crippen molar-refractivity contribution in [1.82, 2.24) is 10.6 Å². The van der Waals surface area contributed by atoms with Crippen LogP contribution in [0.15, 0.2) is 91.0 Å². The molecule has 37 heavy (non-hydrogen) atoms. The highest BCUT2D eigenvalue weighted by molar-refractivity contribution is 5.95. The first-order valence-electron chi connectivity index (χ1n) is 11.7. The van der Waals surface area contributed by atoms with E-state index >= 15 is 0 Å². The van der Waals surface area contributed by atoms with Gasteiger partial charge in [0.15, 0.2) is 11.5 Å². The summed E-state index contributed by atoms with van der Waals surface area (Å²) < 4.78 is 25.1. The van der Waals surface area contributed by atoms with Gasteiger partial charge in [-0.25, -0.2) is 4.39 Å². The first-order chi connectivity index (χ1) is 18.0. The Morgan fingerprint density at radius 2 is 1.30 bits per heavy atom. The maximum atomic E-state index is 14.7. The van der Waals surface area contributed by atoms with Gasteiger partial charge in [0, 0.05) is 29.8 Å². The summed E-state index contributed by atoms with van der Waals surface area (Å²) in [6, 6.07) is 26.7. The molecule has 0 aliphatic carbocycles. The Morgan fingerprint density at radius 1 is 0.676 bits per heavy atom. The van der Waals surface area contributed by atoms with Gasteiger partial charge in [-0.1, -0.05) is 54.6 Å². The van der Waals surface area contributed by atoms with E-state index in [4.69, 9.17) is 9.47 Å². The highest BCUT2D eigenvalue weighted by atomic mass is 19.1. The second-order valence-electron chi connectivity index (χ2n) is 8.30. The van der Waals surface area contributed by atoms with Crippen LogP contribution in [0, 0.1) is 5.82 Å². The molecule has 0 saturated heterocycles. The lowest BCUT2D eigenvalue weighted by molar-refractivity contribution is 0.0942. The van der Waals surface area contributed by atoms with Gasteiger partial charge in [0.1, 0.15) is 5.82 Å². The van der Waals surface area contributed by atoms with Crippen molar-refractivity contribution in [1.29, 1.82) is 0 Å². The van der Waals surface area contributed by atoms with Crippen molar-refractivity contribution in [3.8, 4) is 22.6 Å². The number of halogens is 1. The molecule has 2 N–H and O–H groups in total. The van der Waals surface area contributed by atoms with Crippen molar-refractivity contribution in [2.45, 2.75) is 13.1 Å². The third-order valence-electron chi connectivity index (χ3n) is 5.91. The summed E-state index contributed by atoms with van der Waals surface area (Å²) in [6.07, 6.45) is 0. The topological polar surface area (TPSA) is 76.7 Å². The van der Waals surface area contributed by atoms with E-state index in [0.29, 0.717) is 33.8 Å². The van der Waals surface area contributed by atoms with Gasteiger partial charge in [0.05, 0.1) is 14.2 Å². The molecule has 0 aliphatic heterocycles. The summed E-state index contributed by atoms with van der Waals surface area (Å²) in [6.45, 7) is 0.188. The SMILES string of the molecule is COc1ccc(C(=O)NCc2ccc(CNC(=O)c3ccc(-c4ccccc4)cc3)cc2F)cc1OC. The molecule has 0 aromatic heterocycles. The lowest BCUT2D eigenvalue weighted by Crippen LogP contribution is -2.24. The summed E-state index contributed by atoms with van der Waals surface area (Å²) >= 11 is 0. The molecule has 2 amide bonds. The van der Waals surface area contributed by atoms with E-state index in [1.807, 2.05) is 42.5 Å². The molecule has 6 nitrogen and oxygen atoms in total. The van der Waals surface area contributed by atoms with Crippen LogP contribution in [0.25, 0.3) is 11.1 Å². The fourth-order valence-electron chi connectivity index (χ4n) is 3.83. The molecule has 0 atom stereocenters. The second kappa shape index (κ2) is 11.9. The zero-order valence-electron chi connectivity index (χ0n) is 20.6. The monoisotopic (exact) mass is 498 g/mol. The Kier molecular flexibility index (Phi) is 8.15. The van der Waals surface area contributed by atoms with Gasteiger partial charge >= 0.3 is 0 Å². The van der Waals surface area contributed by atoms with Crippen LogP contribution in [0.5, 0.6) is 11.5 Å². The van der Waals surface area contributed by atoms with Crippen molar-refractivity contribution in [3.05, 3.63) is 119 Å². The van der Waals surface area contributed by atoms with Gasteiger partial charge in [0.2, 0.25) is 0 Å². The fraction of sp³-hybridized carbons (Fsp3) is 0.133. The van der Waals surface area contributed by atoms with Crippen molar-refractivity contribution in [2.24, 2.45) is 0 Å². The minimum Gasteiger partial charge on any atom is -0.493 e. The van der Waals surface area contributed by atoms with Gasteiger partial charge in [-0.3, -0.25) is 9.59 Å². The largest absolute Gasteiger partial charge is 0.493 e. The number of methoxy groups -OCH3 is 2. The molecule has 7 heteroatoms. The van der Waals surface area contributed by atoms with Crippen LogP contribution < -0.4 is 20.1 Å². The van der Waals surface area contributed by atoms with E-state index < -0.39 is 5.82 Å². The van der Waals surface area contributed by atoms with E-state index in [-0.39, 0.29) is 24.9 Å². The number of benzene rings is 4. The van der Waals surface area contributed by atoms with E-state index in [1.165, 1.54) is 20.3 Å². The van der Waals surface area contributed by atoms with Crippen molar-refractivity contribution in [2.75, 3.05) is 14.2 Å². The molecule has 0 radical (unpaired) electrons. The molecule has 0 fully saturated rings. The minimum atomic E-state index is -0.466. The average molecular weight is 499 g/mol. The molecule has 0 spiro atoms. The number of amides is 2. The Bertz CT molecular complexity index is 1390. The standard InChI is InChI=1S/C30H27FN2O4/c1-36-27-15-14-24(17-28(27)37-2)30(35)33-19-25-9-8-20(16-26(25)31)18-32-29(34)23-12-10-22(11-13-23)21-6-4-3-5-7-21/h3-17H,18-19H2,1-2H3,(H,32,34)(H,33,35). The van der Waals surface area contributed by atoms with Crippen LogP contribution in [0.2, 0.25) is 0 Å². The van der Waals surface area contributed by atoms with Gasteiger partial charge < -0.3 is 20.1 Å². The van der Waals surface area contributed by atoms with Crippen molar-refractivity contribution >= 4 is 11.8 Å². The van der Waals surface area contributed by atoms with Gasteiger partial charge in [-0.15, -0.1) is 0 Å². The number of carbonyl (C=O) groups is 2. The molecular formula is C30H27FN2O4. The number of carbonyl (C=O) groups excluding carboxylic acids is 2. The molecule has 0 unspecified atom stereocenters. The molecule has 0 aliphatic rings. The van der Waals surface area contributed by atoms with E-state index in [2.05, 4.69) is 10.6 Å². The van der Waals surface area contributed by atoms with Crippen molar-refractivity contribution < 1.29 is 23.5 Å². The first kappa shape index (κ1) is 25.4. The summed E-state index contributed by atoms with van der Waals surface area (Å²) in [5.74, 6) is -0.135. The number of nitrogens with one attached hydrogen (secondary N) is 2. The van der Waals surface area contributed by atoms with Crippen LogP contribution in [0.3, 0.4) is 0 Å². The number of hydrogen-bond donors (Lipinski definition) is 2. The zero-order chi connectivity index (χ0) is 26.2. The van der Waals surface area contributed by atoms with Gasteiger partial charge in [-0.2, -0.15) is 0 Å². The Balaban J connectivity index is 1.32. The van der Waals surface area contributed by atoms with Crippen LogP contribution in [-0.4, -0.2) is 26.0 Å². The number of ether oxygens (including phenoxy) is 2. The maximum absolute atomic E-state index is 14.7. The second-order valence-corrected chi connectivity index (χ2v) is 8.30. The Hall–Kier alpha value is -4.65. The lowest BCUT2D eigenvalue weighted by Gasteiger charge is -2.11. The lowest BCUT2D eigenvalue weighted by atomic mass is 10.0. The molecule has 0 bridgehead atoms. The van der Waals surface area contributed by atoms with Crippen LogP contribution in [0.1, 0.15) is 31.8 Å².